The molecule has 0 saturated carbocycles. The number of nitrogens with one attached hydrogen (secondary N) is 1. The number of hydrogen-bond donors (Lipinski definition) is 1. The molecule has 2 unspecified atom stereocenters. The van der Waals surface area contributed by atoms with Crippen LogP contribution in [0.4, 0.5) is 10.1 Å². The fourth-order valence-corrected chi connectivity index (χ4v) is 5.26. The van der Waals surface area contributed by atoms with Crippen molar-refractivity contribution >= 4 is 37.3 Å². The van der Waals surface area contributed by atoms with Crippen LogP contribution in [0, 0.1) is 10.1 Å². The van der Waals surface area contributed by atoms with Crippen molar-refractivity contribution in [1.29, 1.82) is 0 Å². The Morgan fingerprint density at radius 2 is 2.07 bits per heavy atom. The van der Waals surface area contributed by atoms with Crippen LogP contribution in [0.5, 0.6) is 0 Å². The summed E-state index contributed by atoms with van der Waals surface area (Å²) >= 11 is 0.817. The van der Waals surface area contributed by atoms with Crippen LogP contribution in [-0.4, -0.2) is 60.3 Å². The zero-order chi connectivity index (χ0) is 21.2. The van der Waals surface area contributed by atoms with Crippen molar-refractivity contribution < 1.29 is 22.9 Å². The van der Waals surface area contributed by atoms with Gasteiger partial charge in [0.05, 0.1) is 28.6 Å². The Bertz CT molecular complexity index is 1010. The molecule has 2 atom stereocenters. The quantitative estimate of drug-likeness (QED) is 0.393. The van der Waals surface area contributed by atoms with Crippen LogP contribution in [0.15, 0.2) is 35.4 Å². The molecule has 0 radical (unpaired) electrons. The highest BCUT2D eigenvalue weighted by molar-refractivity contribution is 7.89. The van der Waals surface area contributed by atoms with E-state index in [1.807, 2.05) is 13.8 Å². The van der Waals surface area contributed by atoms with Crippen LogP contribution < -0.4 is 5.32 Å². The van der Waals surface area contributed by atoms with Crippen molar-refractivity contribution in [1.82, 2.24) is 9.29 Å². The van der Waals surface area contributed by atoms with E-state index in [1.165, 1.54) is 28.6 Å². The SMILES string of the molecule is CC1CN(S(=O)(=O)c2cccc(C(=O)CNc3ncc([N+](=O)[O-])s3)c2)CC(C)O1. The van der Waals surface area contributed by atoms with Crippen LogP contribution in [0.2, 0.25) is 0 Å². The molecule has 0 aliphatic carbocycles. The van der Waals surface area contributed by atoms with Crippen molar-refractivity contribution in [3.8, 4) is 0 Å². The minimum Gasteiger partial charge on any atom is -0.373 e. The highest BCUT2D eigenvalue weighted by Crippen LogP contribution is 2.25. The molecule has 0 amide bonds. The van der Waals surface area contributed by atoms with Gasteiger partial charge in [-0.05, 0) is 37.3 Å². The summed E-state index contributed by atoms with van der Waals surface area (Å²) < 4.78 is 32.9. The second-order valence-electron chi connectivity index (χ2n) is 6.64. The normalized spacial score (nSPS) is 20.3. The number of aromatic nitrogens is 1. The largest absolute Gasteiger partial charge is 0.373 e. The van der Waals surface area contributed by atoms with Gasteiger partial charge >= 0.3 is 5.00 Å². The predicted octanol–water partition coefficient (Wildman–Crippen LogP) is 2.14. The first-order valence-corrected chi connectivity index (χ1v) is 11.1. The van der Waals surface area contributed by atoms with Crippen LogP contribution in [0.1, 0.15) is 24.2 Å². The molecule has 1 aliphatic heterocycles. The van der Waals surface area contributed by atoms with Crippen LogP contribution in [0.3, 0.4) is 0 Å². The van der Waals surface area contributed by atoms with E-state index in [9.17, 15) is 23.3 Å². The fraction of sp³-hybridized carbons (Fsp3) is 0.412. The Morgan fingerprint density at radius 3 is 2.69 bits per heavy atom. The van der Waals surface area contributed by atoms with Gasteiger partial charge in [-0.15, -0.1) is 0 Å². The Morgan fingerprint density at radius 1 is 1.38 bits per heavy atom. The average Bonchev–Trinajstić information content (AvgIpc) is 3.15. The number of anilines is 1. The van der Waals surface area contributed by atoms with E-state index in [2.05, 4.69) is 10.3 Å². The summed E-state index contributed by atoms with van der Waals surface area (Å²) in [7, 11) is -3.76. The molecule has 0 spiro atoms. The zero-order valence-corrected chi connectivity index (χ0v) is 17.4. The van der Waals surface area contributed by atoms with Crippen LogP contribution in [-0.2, 0) is 14.8 Å². The molecule has 1 saturated heterocycles. The third-order valence-corrected chi connectivity index (χ3v) is 6.99. The van der Waals surface area contributed by atoms with Crippen molar-refractivity contribution in [3.63, 3.8) is 0 Å². The molecular weight excluding hydrogens is 420 g/mol. The zero-order valence-electron chi connectivity index (χ0n) is 15.8. The number of hydrogen-bond acceptors (Lipinski definition) is 9. The summed E-state index contributed by atoms with van der Waals surface area (Å²) in [4.78, 5) is 26.5. The molecule has 1 N–H and O–H groups in total. The standard InChI is InChI=1S/C17H20N4O6S2/c1-11-9-20(10-12(2)27-11)29(25,26)14-5-3-4-13(6-14)15(22)7-18-17-19-8-16(28-17)21(23)24/h3-6,8,11-12H,7,9-10H2,1-2H3,(H,18,19). The third kappa shape index (κ3) is 4.96. The van der Waals surface area contributed by atoms with Crippen LogP contribution in [0.25, 0.3) is 0 Å². The number of benzene rings is 1. The first kappa shape index (κ1) is 21.3. The first-order chi connectivity index (χ1) is 13.7. The molecule has 29 heavy (non-hydrogen) atoms. The molecule has 10 nitrogen and oxygen atoms in total. The van der Waals surface area contributed by atoms with E-state index in [0.717, 1.165) is 17.5 Å². The maximum Gasteiger partial charge on any atom is 0.345 e. The number of carbonyl (C=O) groups excluding carboxylic acids is 1. The molecule has 12 heteroatoms. The highest BCUT2D eigenvalue weighted by Gasteiger charge is 2.32. The van der Waals surface area contributed by atoms with Gasteiger partial charge in [-0.3, -0.25) is 14.9 Å². The summed E-state index contributed by atoms with van der Waals surface area (Å²) in [6.07, 6.45) is 0.671. The lowest BCUT2D eigenvalue weighted by atomic mass is 10.1. The lowest BCUT2D eigenvalue weighted by molar-refractivity contribution is -0.380. The Balaban J connectivity index is 1.72. The number of ether oxygens (including phenoxy) is 1. The van der Waals surface area contributed by atoms with E-state index in [-0.39, 0.29) is 58.2 Å². The molecule has 1 fully saturated rings. The van der Waals surface area contributed by atoms with Crippen LogP contribution >= 0.6 is 11.3 Å². The molecule has 3 rings (SSSR count). The summed E-state index contributed by atoms with van der Waals surface area (Å²) in [6.45, 7) is 3.95. The molecule has 1 aliphatic rings. The van der Waals surface area contributed by atoms with Crippen molar-refractivity contribution in [2.24, 2.45) is 0 Å². The lowest BCUT2D eigenvalue weighted by Crippen LogP contribution is -2.48. The Hall–Kier alpha value is -2.41. The second-order valence-corrected chi connectivity index (χ2v) is 9.59. The number of sulfonamides is 1. The fourth-order valence-electron chi connectivity index (χ4n) is 3.00. The molecule has 156 valence electrons. The summed E-state index contributed by atoms with van der Waals surface area (Å²) in [6, 6.07) is 5.84. The molecule has 2 heterocycles. The highest BCUT2D eigenvalue weighted by atomic mass is 32.2. The van der Waals surface area contributed by atoms with Gasteiger partial charge in [0, 0.05) is 18.7 Å². The van der Waals surface area contributed by atoms with E-state index in [1.54, 1.807) is 0 Å². The second kappa shape index (κ2) is 8.53. The number of ketones is 1. The third-order valence-electron chi connectivity index (χ3n) is 4.25. The Kier molecular flexibility index (Phi) is 6.27. The maximum atomic E-state index is 13.0. The van der Waals surface area contributed by atoms with Crippen molar-refractivity contribution in [2.75, 3.05) is 25.0 Å². The summed E-state index contributed by atoms with van der Waals surface area (Å²) in [5.74, 6) is -0.358. The van der Waals surface area contributed by atoms with Gasteiger partial charge in [-0.1, -0.05) is 12.1 Å². The monoisotopic (exact) mass is 440 g/mol. The number of morpholine rings is 1. The van der Waals surface area contributed by atoms with Gasteiger partial charge in [-0.25, -0.2) is 13.4 Å². The number of rotatable bonds is 7. The van der Waals surface area contributed by atoms with Gasteiger partial charge in [0.15, 0.2) is 10.9 Å². The van der Waals surface area contributed by atoms with E-state index < -0.39 is 14.9 Å². The summed E-state index contributed by atoms with van der Waals surface area (Å²) in [5, 5.41) is 13.5. The van der Waals surface area contributed by atoms with Gasteiger partial charge in [0.25, 0.3) is 0 Å². The van der Waals surface area contributed by atoms with E-state index in [0.29, 0.717) is 0 Å². The minimum absolute atomic E-state index is 0.0366. The maximum absolute atomic E-state index is 13.0. The molecular formula is C17H20N4O6S2. The van der Waals surface area contributed by atoms with Gasteiger partial charge in [0.1, 0.15) is 6.20 Å². The number of nitrogens with zero attached hydrogens (tertiary/aromatic N) is 3. The smallest absolute Gasteiger partial charge is 0.345 e. The van der Waals surface area contributed by atoms with Crippen molar-refractivity contribution in [2.45, 2.75) is 31.0 Å². The topological polar surface area (TPSA) is 132 Å². The molecule has 1 aromatic carbocycles. The minimum atomic E-state index is -3.76. The number of carbonyl (C=O) groups is 1. The molecule has 0 bridgehead atoms. The Labute approximate surface area is 171 Å². The van der Waals surface area contributed by atoms with E-state index >= 15 is 0 Å². The predicted molar refractivity (Wildman–Crippen MR) is 107 cm³/mol. The van der Waals surface area contributed by atoms with Crippen molar-refractivity contribution in [3.05, 3.63) is 46.1 Å². The van der Waals surface area contributed by atoms with Gasteiger partial charge in [-0.2, -0.15) is 4.31 Å². The molecule has 1 aromatic heterocycles. The number of Topliss-reactive ketones (excluding diaryl/α,β-unsaturated/α-hetero) is 1. The van der Waals surface area contributed by atoms with Gasteiger partial charge in [0.2, 0.25) is 10.0 Å². The van der Waals surface area contributed by atoms with Gasteiger partial charge < -0.3 is 10.1 Å². The average molecular weight is 441 g/mol. The molecule has 2 aromatic rings. The summed E-state index contributed by atoms with van der Waals surface area (Å²) in [5.41, 5.74) is 0.221. The lowest BCUT2D eigenvalue weighted by Gasteiger charge is -2.34. The first-order valence-electron chi connectivity index (χ1n) is 8.80. The number of nitro groups is 1. The number of thiazole rings is 1. The van der Waals surface area contributed by atoms with E-state index in [4.69, 9.17) is 4.74 Å².